The summed E-state index contributed by atoms with van der Waals surface area (Å²) in [7, 11) is 0. The predicted octanol–water partition coefficient (Wildman–Crippen LogP) is 2.26. The Morgan fingerprint density at radius 3 is 2.48 bits per heavy atom. The second-order valence-corrected chi connectivity index (χ2v) is 5.75. The number of benzene rings is 1. The van der Waals surface area contributed by atoms with Crippen LogP contribution in [0.2, 0.25) is 0 Å². The van der Waals surface area contributed by atoms with E-state index >= 15 is 0 Å². The molecule has 0 amide bonds. The summed E-state index contributed by atoms with van der Waals surface area (Å²) < 4.78 is 5.77. The molecule has 1 rings (SSSR count). The molecule has 21 heavy (non-hydrogen) atoms. The van der Waals surface area contributed by atoms with E-state index in [1.165, 1.54) is 0 Å². The third-order valence-electron chi connectivity index (χ3n) is 3.58. The van der Waals surface area contributed by atoms with E-state index in [1.807, 2.05) is 24.3 Å². The molecule has 120 valence electrons. The van der Waals surface area contributed by atoms with Crippen molar-refractivity contribution in [2.24, 2.45) is 5.73 Å². The molecular weight excluding hydrogens is 266 g/mol. The molecule has 0 radical (unpaired) electrons. The smallest absolute Gasteiger partial charge is 0.119 e. The molecule has 0 fully saturated rings. The molecule has 4 N–H and O–H groups in total. The van der Waals surface area contributed by atoms with Crippen molar-refractivity contribution in [3.05, 3.63) is 29.8 Å². The minimum Gasteiger partial charge on any atom is -0.491 e. The average molecular weight is 295 g/mol. The van der Waals surface area contributed by atoms with E-state index < -0.39 is 11.7 Å². The molecule has 0 heterocycles. The van der Waals surface area contributed by atoms with Gasteiger partial charge in [0, 0.05) is 6.54 Å². The lowest BCUT2D eigenvalue weighted by molar-refractivity contribution is -0.0202. The fraction of sp³-hybridized carbons (Fsp3) is 0.647. The Morgan fingerprint density at radius 1 is 1.24 bits per heavy atom. The molecule has 0 aromatic heterocycles. The molecule has 0 saturated heterocycles. The number of nitrogens with two attached hydrogens (primary N) is 1. The Labute approximate surface area is 127 Å². The summed E-state index contributed by atoms with van der Waals surface area (Å²) in [6.45, 7) is 4.68. The Balaban J connectivity index is 2.63. The van der Waals surface area contributed by atoms with E-state index in [0.29, 0.717) is 13.0 Å². The van der Waals surface area contributed by atoms with Gasteiger partial charge in [-0.3, -0.25) is 0 Å². The zero-order valence-electron chi connectivity index (χ0n) is 13.2. The van der Waals surface area contributed by atoms with Crippen LogP contribution in [-0.2, 0) is 6.42 Å². The van der Waals surface area contributed by atoms with Gasteiger partial charge >= 0.3 is 0 Å². The van der Waals surface area contributed by atoms with Gasteiger partial charge in [-0.25, -0.2) is 0 Å². The molecule has 1 aromatic carbocycles. The molecule has 0 bridgehead atoms. The van der Waals surface area contributed by atoms with Crippen molar-refractivity contribution in [2.75, 3.05) is 13.2 Å². The van der Waals surface area contributed by atoms with Crippen molar-refractivity contribution in [3.63, 3.8) is 0 Å². The maximum Gasteiger partial charge on any atom is 0.119 e. The lowest BCUT2D eigenvalue weighted by Crippen LogP contribution is -2.35. The molecule has 0 spiro atoms. The lowest BCUT2D eigenvalue weighted by atomic mass is 9.94. The van der Waals surface area contributed by atoms with Crippen LogP contribution < -0.4 is 10.5 Å². The van der Waals surface area contributed by atoms with Gasteiger partial charge in [0.25, 0.3) is 0 Å². The van der Waals surface area contributed by atoms with Crippen LogP contribution in [0.4, 0.5) is 0 Å². The van der Waals surface area contributed by atoms with Crippen molar-refractivity contribution in [2.45, 2.75) is 57.7 Å². The molecule has 1 atom stereocenters. The molecule has 0 saturated carbocycles. The van der Waals surface area contributed by atoms with Gasteiger partial charge in [-0.15, -0.1) is 0 Å². The fourth-order valence-corrected chi connectivity index (χ4v) is 2.54. The van der Waals surface area contributed by atoms with Gasteiger partial charge in [0.15, 0.2) is 0 Å². The normalized spacial score (nSPS) is 13.2. The van der Waals surface area contributed by atoms with E-state index in [2.05, 4.69) is 13.8 Å². The molecule has 4 heteroatoms. The van der Waals surface area contributed by atoms with Crippen LogP contribution in [-0.4, -0.2) is 35.1 Å². The molecule has 4 nitrogen and oxygen atoms in total. The average Bonchev–Trinajstić information content (AvgIpc) is 2.46. The van der Waals surface area contributed by atoms with Gasteiger partial charge in [-0.2, -0.15) is 0 Å². The highest BCUT2D eigenvalue weighted by molar-refractivity contribution is 5.29. The molecule has 0 aliphatic carbocycles. The summed E-state index contributed by atoms with van der Waals surface area (Å²) in [4.78, 5) is 0. The fourth-order valence-electron chi connectivity index (χ4n) is 2.54. The number of rotatable bonds is 10. The summed E-state index contributed by atoms with van der Waals surface area (Å²) in [6.07, 6.45) is 3.34. The predicted molar refractivity (Wildman–Crippen MR) is 85.5 cm³/mol. The van der Waals surface area contributed by atoms with Crippen molar-refractivity contribution < 1.29 is 14.9 Å². The Morgan fingerprint density at radius 2 is 1.90 bits per heavy atom. The zero-order valence-corrected chi connectivity index (χ0v) is 13.2. The third-order valence-corrected chi connectivity index (χ3v) is 3.58. The Bertz CT molecular complexity index is 403. The molecule has 1 unspecified atom stereocenters. The van der Waals surface area contributed by atoms with E-state index in [1.54, 1.807) is 0 Å². The van der Waals surface area contributed by atoms with Crippen LogP contribution in [0.1, 0.15) is 45.1 Å². The minimum absolute atomic E-state index is 0.248. The van der Waals surface area contributed by atoms with Crippen LogP contribution in [0.5, 0.6) is 5.75 Å². The highest BCUT2D eigenvalue weighted by Gasteiger charge is 2.25. The topological polar surface area (TPSA) is 75.7 Å². The maximum absolute atomic E-state index is 10.5. The SMILES string of the molecule is CCCC(O)(CCC)COc1cccc(CC(O)CN)c1. The standard InChI is InChI=1S/C17H29NO3/c1-3-8-17(20,9-4-2)13-21-16-7-5-6-14(11-16)10-15(19)12-18/h5-7,11,15,19-20H,3-4,8-10,12-13,18H2,1-2H3. The largest absolute Gasteiger partial charge is 0.491 e. The minimum atomic E-state index is -0.754. The molecule has 0 aliphatic heterocycles. The highest BCUT2D eigenvalue weighted by atomic mass is 16.5. The summed E-state index contributed by atoms with van der Waals surface area (Å²) in [5.74, 6) is 0.724. The summed E-state index contributed by atoms with van der Waals surface area (Å²) in [5, 5.41) is 20.1. The number of ether oxygens (including phenoxy) is 1. The van der Waals surface area contributed by atoms with Gasteiger partial charge in [-0.1, -0.05) is 38.8 Å². The first kappa shape index (κ1) is 18.0. The van der Waals surface area contributed by atoms with Gasteiger partial charge < -0.3 is 20.7 Å². The first-order valence-corrected chi connectivity index (χ1v) is 7.85. The van der Waals surface area contributed by atoms with Crippen molar-refractivity contribution >= 4 is 0 Å². The van der Waals surface area contributed by atoms with Crippen molar-refractivity contribution in [1.82, 2.24) is 0 Å². The van der Waals surface area contributed by atoms with Crippen molar-refractivity contribution in [3.8, 4) is 5.75 Å². The number of aliphatic hydroxyl groups excluding tert-OH is 1. The first-order valence-electron chi connectivity index (χ1n) is 7.85. The Kier molecular flexibility index (Phi) is 7.72. The summed E-state index contributed by atoms with van der Waals surface area (Å²) in [6, 6.07) is 7.61. The van der Waals surface area contributed by atoms with Crippen LogP contribution in [0.3, 0.4) is 0 Å². The number of hydrogen-bond acceptors (Lipinski definition) is 4. The monoisotopic (exact) mass is 295 g/mol. The third kappa shape index (κ3) is 6.46. The van der Waals surface area contributed by atoms with Crippen LogP contribution in [0.15, 0.2) is 24.3 Å². The first-order chi connectivity index (χ1) is 10.0. The van der Waals surface area contributed by atoms with E-state index in [4.69, 9.17) is 10.5 Å². The van der Waals surface area contributed by atoms with Gasteiger partial charge in [0.2, 0.25) is 0 Å². The van der Waals surface area contributed by atoms with E-state index in [-0.39, 0.29) is 6.54 Å². The second-order valence-electron chi connectivity index (χ2n) is 5.75. The van der Waals surface area contributed by atoms with E-state index in [0.717, 1.165) is 37.0 Å². The quantitative estimate of drug-likeness (QED) is 0.619. The Hall–Kier alpha value is -1.10. The highest BCUT2D eigenvalue weighted by Crippen LogP contribution is 2.22. The number of aliphatic hydroxyl groups is 2. The van der Waals surface area contributed by atoms with Gasteiger partial charge in [0.05, 0.1) is 11.7 Å². The van der Waals surface area contributed by atoms with Crippen LogP contribution >= 0.6 is 0 Å². The number of hydrogen-bond donors (Lipinski definition) is 3. The molecule has 1 aromatic rings. The van der Waals surface area contributed by atoms with E-state index in [9.17, 15) is 10.2 Å². The second kappa shape index (κ2) is 9.03. The summed E-state index contributed by atoms with van der Waals surface area (Å²) in [5.41, 5.74) is 5.66. The molecule has 0 aliphatic rings. The molecular formula is C17H29NO3. The lowest BCUT2D eigenvalue weighted by Gasteiger charge is -2.27. The summed E-state index contributed by atoms with van der Waals surface area (Å²) >= 11 is 0. The zero-order chi connectivity index (χ0) is 15.7. The van der Waals surface area contributed by atoms with Crippen LogP contribution in [0.25, 0.3) is 0 Å². The van der Waals surface area contributed by atoms with Crippen LogP contribution in [0, 0.1) is 0 Å². The van der Waals surface area contributed by atoms with Crippen molar-refractivity contribution in [1.29, 1.82) is 0 Å². The van der Waals surface area contributed by atoms with Gasteiger partial charge in [-0.05, 0) is 37.0 Å². The maximum atomic E-state index is 10.5. The van der Waals surface area contributed by atoms with Gasteiger partial charge in [0.1, 0.15) is 12.4 Å².